The molecule has 2 aliphatic heterocycles. The van der Waals surface area contributed by atoms with Crippen molar-refractivity contribution in [3.63, 3.8) is 0 Å². The second-order valence-corrected chi connectivity index (χ2v) is 7.92. The van der Waals surface area contributed by atoms with Crippen LogP contribution in [0.1, 0.15) is 56.8 Å². The van der Waals surface area contributed by atoms with Gasteiger partial charge < -0.3 is 19.5 Å². The van der Waals surface area contributed by atoms with Crippen LogP contribution in [-0.2, 0) is 9.53 Å². The molecule has 0 unspecified atom stereocenters. The lowest BCUT2D eigenvalue weighted by molar-refractivity contribution is -0.166. The van der Waals surface area contributed by atoms with E-state index in [9.17, 15) is 9.59 Å². The number of hydrogen-bond acceptors (Lipinski definition) is 3. The highest BCUT2D eigenvalue weighted by atomic mass is 16.5. The molecule has 1 aromatic rings. The summed E-state index contributed by atoms with van der Waals surface area (Å²) in [5, 5.41) is 0. The highest BCUT2D eigenvalue weighted by Gasteiger charge is 2.44. The molecule has 0 radical (unpaired) electrons. The fourth-order valence-electron chi connectivity index (χ4n) is 4.01. The second-order valence-electron chi connectivity index (χ2n) is 7.92. The van der Waals surface area contributed by atoms with Crippen LogP contribution in [0, 0.1) is 5.41 Å². The van der Waals surface area contributed by atoms with E-state index in [-0.39, 0.29) is 22.8 Å². The zero-order valence-corrected chi connectivity index (χ0v) is 16.2. The molecule has 1 aromatic heterocycles. The summed E-state index contributed by atoms with van der Waals surface area (Å²) in [6.07, 6.45) is 6.77. The van der Waals surface area contributed by atoms with Gasteiger partial charge in [-0.2, -0.15) is 0 Å². The average molecular weight is 361 g/mol. The number of likely N-dealkylation sites (tertiary alicyclic amines) is 1. The Bertz CT molecular complexity index is 629. The molecule has 6 nitrogen and oxygen atoms in total. The number of aromatic nitrogens is 1. The summed E-state index contributed by atoms with van der Waals surface area (Å²) in [5.41, 5.74) is 0.110. The molecule has 2 saturated heterocycles. The minimum atomic E-state index is -0.300. The number of aromatic amines is 1. The Morgan fingerprint density at radius 3 is 2.46 bits per heavy atom. The Kier molecular flexibility index (Phi) is 5.42. The normalized spacial score (nSPS) is 20.4. The number of morpholine rings is 1. The minimum Gasteiger partial charge on any atom is -0.371 e. The first-order valence-corrected chi connectivity index (χ1v) is 9.78. The maximum atomic E-state index is 13.0. The fraction of sp³-hybridized carbons (Fsp3) is 0.700. The van der Waals surface area contributed by atoms with Gasteiger partial charge in [-0.15, -0.1) is 0 Å². The molecule has 3 rings (SSSR count). The van der Waals surface area contributed by atoms with Crippen LogP contribution < -0.4 is 0 Å². The molecular formula is C20H31N3O3. The fourth-order valence-corrected chi connectivity index (χ4v) is 4.01. The van der Waals surface area contributed by atoms with Crippen molar-refractivity contribution in [2.45, 2.75) is 52.1 Å². The van der Waals surface area contributed by atoms with Gasteiger partial charge in [-0.1, -0.05) is 20.8 Å². The molecule has 1 N–H and O–H groups in total. The topological polar surface area (TPSA) is 65.6 Å². The summed E-state index contributed by atoms with van der Waals surface area (Å²) in [6.45, 7) is 9.48. The summed E-state index contributed by atoms with van der Waals surface area (Å²) < 4.78 is 6.15. The molecule has 2 aliphatic rings. The van der Waals surface area contributed by atoms with E-state index in [1.54, 1.807) is 18.5 Å². The lowest BCUT2D eigenvalue weighted by Crippen LogP contribution is -2.60. The molecule has 2 fully saturated rings. The van der Waals surface area contributed by atoms with E-state index in [0.717, 1.165) is 25.7 Å². The number of hydrogen-bond donors (Lipinski definition) is 1. The first-order chi connectivity index (χ1) is 12.4. The molecule has 0 bridgehead atoms. The third-order valence-electron chi connectivity index (χ3n) is 6.42. The van der Waals surface area contributed by atoms with Crippen molar-refractivity contribution in [3.05, 3.63) is 24.0 Å². The van der Waals surface area contributed by atoms with E-state index >= 15 is 0 Å². The van der Waals surface area contributed by atoms with Gasteiger partial charge in [0.2, 0.25) is 5.91 Å². The predicted octanol–water partition coefficient (Wildman–Crippen LogP) is 2.67. The lowest BCUT2D eigenvalue weighted by Gasteiger charge is -2.48. The van der Waals surface area contributed by atoms with E-state index in [2.05, 4.69) is 25.8 Å². The van der Waals surface area contributed by atoms with Crippen LogP contribution in [-0.4, -0.2) is 65.0 Å². The van der Waals surface area contributed by atoms with Crippen LogP contribution in [0.5, 0.6) is 0 Å². The van der Waals surface area contributed by atoms with Crippen molar-refractivity contribution in [1.29, 1.82) is 0 Å². The zero-order valence-electron chi connectivity index (χ0n) is 16.2. The van der Waals surface area contributed by atoms with E-state index < -0.39 is 0 Å². The van der Waals surface area contributed by atoms with Crippen molar-refractivity contribution in [1.82, 2.24) is 14.8 Å². The van der Waals surface area contributed by atoms with Crippen molar-refractivity contribution >= 4 is 11.8 Å². The van der Waals surface area contributed by atoms with E-state index in [0.29, 0.717) is 38.3 Å². The van der Waals surface area contributed by atoms with Gasteiger partial charge >= 0.3 is 0 Å². The van der Waals surface area contributed by atoms with Crippen molar-refractivity contribution in [2.75, 3.05) is 32.8 Å². The van der Waals surface area contributed by atoms with Gasteiger partial charge in [0.25, 0.3) is 5.91 Å². The van der Waals surface area contributed by atoms with Crippen LogP contribution in [0.25, 0.3) is 0 Å². The minimum absolute atomic E-state index is 0.0642. The Balaban J connectivity index is 1.63. The van der Waals surface area contributed by atoms with E-state index in [1.165, 1.54) is 0 Å². The summed E-state index contributed by atoms with van der Waals surface area (Å²) >= 11 is 0. The molecule has 0 aromatic carbocycles. The largest absolute Gasteiger partial charge is 0.371 e. The van der Waals surface area contributed by atoms with Crippen LogP contribution in [0.4, 0.5) is 0 Å². The molecule has 3 heterocycles. The third-order valence-corrected chi connectivity index (χ3v) is 6.42. The SMILES string of the molecule is CCC(C)(CC)C(=O)N1CCOC2(CCN(C(=O)c3cc[nH]c3)CC2)C1. The number of carbonyl (C=O) groups excluding carboxylic acids is 2. The highest BCUT2D eigenvalue weighted by Crippen LogP contribution is 2.34. The van der Waals surface area contributed by atoms with Gasteiger partial charge in [0.05, 0.1) is 17.8 Å². The third kappa shape index (κ3) is 3.52. The van der Waals surface area contributed by atoms with Crippen molar-refractivity contribution in [3.8, 4) is 0 Å². The monoisotopic (exact) mass is 361 g/mol. The molecule has 0 atom stereocenters. The Labute approximate surface area is 155 Å². The predicted molar refractivity (Wildman–Crippen MR) is 99.9 cm³/mol. The quantitative estimate of drug-likeness (QED) is 0.897. The van der Waals surface area contributed by atoms with Gasteiger partial charge in [0.1, 0.15) is 0 Å². The molecule has 0 aliphatic carbocycles. The van der Waals surface area contributed by atoms with Crippen molar-refractivity contribution in [2.24, 2.45) is 5.41 Å². The lowest BCUT2D eigenvalue weighted by atomic mass is 9.82. The van der Waals surface area contributed by atoms with Crippen LogP contribution in [0.2, 0.25) is 0 Å². The number of piperidine rings is 1. The maximum Gasteiger partial charge on any atom is 0.255 e. The number of nitrogens with zero attached hydrogens (tertiary/aromatic N) is 2. The van der Waals surface area contributed by atoms with Crippen LogP contribution in [0.3, 0.4) is 0 Å². The Morgan fingerprint density at radius 2 is 1.88 bits per heavy atom. The number of ether oxygens (including phenoxy) is 1. The Hall–Kier alpha value is -1.82. The number of carbonyl (C=O) groups is 2. The molecule has 26 heavy (non-hydrogen) atoms. The molecule has 0 saturated carbocycles. The molecule has 2 amide bonds. The van der Waals surface area contributed by atoms with Crippen LogP contribution >= 0.6 is 0 Å². The van der Waals surface area contributed by atoms with E-state index in [1.807, 2.05) is 9.80 Å². The standard InChI is InChI=1S/C20H31N3O3/c1-4-19(3,5-2)18(25)23-12-13-26-20(15-23)7-10-22(11-8-20)17(24)16-6-9-21-14-16/h6,9,14,21H,4-5,7-8,10-13,15H2,1-3H3. The maximum absolute atomic E-state index is 13.0. The van der Waals surface area contributed by atoms with Crippen molar-refractivity contribution < 1.29 is 14.3 Å². The second kappa shape index (κ2) is 7.43. The van der Waals surface area contributed by atoms with E-state index in [4.69, 9.17) is 4.74 Å². The van der Waals surface area contributed by atoms with Gasteiger partial charge in [-0.25, -0.2) is 0 Å². The summed E-state index contributed by atoms with van der Waals surface area (Å²) in [4.78, 5) is 32.4. The number of H-pyrrole nitrogens is 1. The smallest absolute Gasteiger partial charge is 0.255 e. The summed E-state index contributed by atoms with van der Waals surface area (Å²) in [6, 6.07) is 1.81. The average Bonchev–Trinajstić information content (AvgIpc) is 3.22. The number of amides is 2. The molecular weight excluding hydrogens is 330 g/mol. The first-order valence-electron chi connectivity index (χ1n) is 9.78. The zero-order chi connectivity index (χ0) is 18.8. The summed E-state index contributed by atoms with van der Waals surface area (Å²) in [5.74, 6) is 0.311. The molecule has 144 valence electrons. The number of nitrogens with one attached hydrogen (secondary N) is 1. The van der Waals surface area contributed by atoms with Crippen LogP contribution in [0.15, 0.2) is 18.5 Å². The van der Waals surface area contributed by atoms with Gasteiger partial charge in [0.15, 0.2) is 0 Å². The van der Waals surface area contributed by atoms with Gasteiger partial charge in [-0.3, -0.25) is 9.59 Å². The number of rotatable bonds is 4. The molecule has 6 heteroatoms. The van der Waals surface area contributed by atoms with Gasteiger partial charge in [0, 0.05) is 44.0 Å². The Morgan fingerprint density at radius 1 is 1.19 bits per heavy atom. The molecule has 1 spiro atoms. The highest BCUT2D eigenvalue weighted by molar-refractivity contribution is 5.94. The van der Waals surface area contributed by atoms with Gasteiger partial charge in [-0.05, 0) is 31.7 Å². The first kappa shape index (κ1) is 19.0. The summed E-state index contributed by atoms with van der Waals surface area (Å²) in [7, 11) is 0.